The molecule has 1 aliphatic heterocycles. The Morgan fingerprint density at radius 3 is 2.12 bits per heavy atom. The third-order valence-corrected chi connectivity index (χ3v) is 4.07. The Hall–Kier alpha value is -3.41. The van der Waals surface area contributed by atoms with Crippen LogP contribution in [0, 0.1) is 0 Å². The standard InChI is InChI=1S/C18H11NO5/c20-15-12-7-3-4-8-14(12)24-18(23)13(15)9-19-16(21)10-5-1-2-6-11(10)17(19)22/h1-8,20H,9H2. The van der Waals surface area contributed by atoms with Gasteiger partial charge in [-0.1, -0.05) is 24.3 Å². The topological polar surface area (TPSA) is 87.8 Å². The maximum Gasteiger partial charge on any atom is 0.345 e. The van der Waals surface area contributed by atoms with Gasteiger partial charge in [-0.2, -0.15) is 0 Å². The minimum Gasteiger partial charge on any atom is -0.507 e. The summed E-state index contributed by atoms with van der Waals surface area (Å²) in [5.74, 6) is -1.27. The second kappa shape index (κ2) is 5.06. The van der Waals surface area contributed by atoms with E-state index in [1.54, 1.807) is 48.5 Å². The first-order valence-electron chi connectivity index (χ1n) is 7.27. The van der Waals surface area contributed by atoms with Crippen molar-refractivity contribution < 1.29 is 19.1 Å². The van der Waals surface area contributed by atoms with Crippen LogP contribution in [0.15, 0.2) is 57.7 Å². The van der Waals surface area contributed by atoms with Gasteiger partial charge in [0, 0.05) is 0 Å². The molecule has 0 unspecified atom stereocenters. The molecular weight excluding hydrogens is 310 g/mol. The van der Waals surface area contributed by atoms with Gasteiger partial charge in [-0.15, -0.1) is 0 Å². The van der Waals surface area contributed by atoms with Crippen molar-refractivity contribution in [3.63, 3.8) is 0 Å². The van der Waals surface area contributed by atoms with Gasteiger partial charge >= 0.3 is 5.63 Å². The highest BCUT2D eigenvalue weighted by atomic mass is 16.4. The molecule has 0 saturated carbocycles. The molecule has 118 valence electrons. The van der Waals surface area contributed by atoms with E-state index in [9.17, 15) is 19.5 Å². The third-order valence-electron chi connectivity index (χ3n) is 4.07. The fourth-order valence-corrected chi connectivity index (χ4v) is 2.85. The van der Waals surface area contributed by atoms with Gasteiger partial charge in [-0.05, 0) is 24.3 Å². The van der Waals surface area contributed by atoms with Crippen molar-refractivity contribution in [2.75, 3.05) is 0 Å². The highest BCUT2D eigenvalue weighted by Gasteiger charge is 2.36. The number of para-hydroxylation sites is 1. The van der Waals surface area contributed by atoms with Crippen molar-refractivity contribution >= 4 is 22.8 Å². The van der Waals surface area contributed by atoms with Crippen molar-refractivity contribution in [3.8, 4) is 5.75 Å². The van der Waals surface area contributed by atoms with Gasteiger partial charge in [0.15, 0.2) is 0 Å². The summed E-state index contributed by atoms with van der Waals surface area (Å²) in [4.78, 5) is 37.9. The van der Waals surface area contributed by atoms with Crippen molar-refractivity contribution in [1.82, 2.24) is 4.90 Å². The molecule has 2 amide bonds. The van der Waals surface area contributed by atoms with Gasteiger partial charge in [-0.3, -0.25) is 14.5 Å². The van der Waals surface area contributed by atoms with Crippen LogP contribution in [0.2, 0.25) is 0 Å². The molecule has 1 aromatic heterocycles. The molecule has 3 aromatic rings. The Labute approximate surface area is 135 Å². The van der Waals surface area contributed by atoms with Crippen molar-refractivity contribution in [2.45, 2.75) is 6.54 Å². The summed E-state index contributed by atoms with van der Waals surface area (Å²) in [6, 6.07) is 12.9. The van der Waals surface area contributed by atoms with Gasteiger partial charge in [0.1, 0.15) is 11.3 Å². The van der Waals surface area contributed by atoms with Crippen LogP contribution in [-0.4, -0.2) is 21.8 Å². The fraction of sp³-hybridized carbons (Fsp3) is 0.0556. The second-order valence-electron chi connectivity index (χ2n) is 5.45. The van der Waals surface area contributed by atoms with Crippen LogP contribution >= 0.6 is 0 Å². The van der Waals surface area contributed by atoms with E-state index >= 15 is 0 Å². The fourth-order valence-electron chi connectivity index (χ4n) is 2.85. The summed E-state index contributed by atoms with van der Waals surface area (Å²) >= 11 is 0. The lowest BCUT2D eigenvalue weighted by Crippen LogP contribution is -2.31. The van der Waals surface area contributed by atoms with E-state index in [-0.39, 0.29) is 34.6 Å². The SMILES string of the molecule is O=C1c2ccccc2C(=O)N1Cc1c(O)c2ccccc2oc1=O. The number of benzene rings is 2. The van der Waals surface area contributed by atoms with Crippen molar-refractivity contribution in [1.29, 1.82) is 0 Å². The predicted octanol–water partition coefficient (Wildman–Crippen LogP) is 2.29. The van der Waals surface area contributed by atoms with Gasteiger partial charge in [0.25, 0.3) is 11.8 Å². The number of aromatic hydroxyl groups is 1. The Morgan fingerprint density at radius 1 is 0.875 bits per heavy atom. The molecule has 1 aliphatic rings. The van der Waals surface area contributed by atoms with Crippen molar-refractivity contribution in [2.24, 2.45) is 0 Å². The molecule has 0 saturated heterocycles. The van der Waals surface area contributed by atoms with Crippen LogP contribution in [0.1, 0.15) is 26.3 Å². The van der Waals surface area contributed by atoms with E-state index in [0.29, 0.717) is 5.39 Å². The lowest BCUT2D eigenvalue weighted by Gasteiger charge is -2.14. The highest BCUT2D eigenvalue weighted by molar-refractivity contribution is 6.21. The molecule has 4 rings (SSSR count). The highest BCUT2D eigenvalue weighted by Crippen LogP contribution is 2.29. The smallest absolute Gasteiger partial charge is 0.345 e. The van der Waals surface area contributed by atoms with Gasteiger partial charge in [-0.25, -0.2) is 4.79 Å². The van der Waals surface area contributed by atoms with E-state index in [0.717, 1.165) is 4.90 Å². The number of nitrogens with zero attached hydrogens (tertiary/aromatic N) is 1. The Bertz CT molecular complexity index is 1030. The van der Waals surface area contributed by atoms with Gasteiger partial charge in [0.2, 0.25) is 0 Å². The van der Waals surface area contributed by atoms with E-state index in [2.05, 4.69) is 0 Å². The summed E-state index contributed by atoms with van der Waals surface area (Å²) in [5.41, 5.74) is -0.0867. The number of rotatable bonds is 2. The molecule has 6 nitrogen and oxygen atoms in total. The molecular formula is C18H11NO5. The molecule has 0 aliphatic carbocycles. The Kier molecular flexibility index (Phi) is 2.99. The molecule has 1 N–H and O–H groups in total. The average molecular weight is 321 g/mol. The van der Waals surface area contributed by atoms with E-state index < -0.39 is 17.4 Å². The first kappa shape index (κ1) is 14.2. The van der Waals surface area contributed by atoms with Crippen LogP contribution in [0.5, 0.6) is 5.75 Å². The van der Waals surface area contributed by atoms with E-state index in [1.165, 1.54) is 0 Å². The Morgan fingerprint density at radius 2 is 1.46 bits per heavy atom. The quantitative estimate of drug-likeness (QED) is 0.578. The molecule has 24 heavy (non-hydrogen) atoms. The predicted molar refractivity (Wildman–Crippen MR) is 84.8 cm³/mol. The molecule has 0 atom stereocenters. The molecule has 0 radical (unpaired) electrons. The number of amides is 2. The average Bonchev–Trinajstić information content (AvgIpc) is 2.83. The summed E-state index contributed by atoms with van der Waals surface area (Å²) in [6.07, 6.45) is 0. The Balaban J connectivity index is 1.80. The zero-order valence-electron chi connectivity index (χ0n) is 12.4. The number of imide groups is 1. The summed E-state index contributed by atoms with van der Waals surface area (Å²) < 4.78 is 5.17. The lowest BCUT2D eigenvalue weighted by atomic mass is 10.1. The molecule has 6 heteroatoms. The van der Waals surface area contributed by atoms with Gasteiger partial charge < -0.3 is 9.52 Å². The minimum absolute atomic E-state index is 0.122. The number of carbonyl (C=O) groups excluding carboxylic acids is 2. The summed E-state index contributed by atoms with van der Waals surface area (Å²) in [5, 5.41) is 10.7. The normalized spacial score (nSPS) is 13.6. The second-order valence-corrected chi connectivity index (χ2v) is 5.45. The zero-order valence-corrected chi connectivity index (χ0v) is 12.4. The lowest BCUT2D eigenvalue weighted by molar-refractivity contribution is 0.0640. The van der Waals surface area contributed by atoms with Crippen molar-refractivity contribution in [3.05, 3.63) is 75.6 Å². The number of hydrogen-bond donors (Lipinski definition) is 1. The van der Waals surface area contributed by atoms with Gasteiger partial charge in [0.05, 0.1) is 28.6 Å². The van der Waals surface area contributed by atoms with Crippen LogP contribution in [0.3, 0.4) is 0 Å². The van der Waals surface area contributed by atoms with E-state index in [1.807, 2.05) is 0 Å². The monoisotopic (exact) mass is 321 g/mol. The molecule has 0 spiro atoms. The number of fused-ring (bicyclic) bond motifs is 2. The van der Waals surface area contributed by atoms with Crippen LogP contribution in [0.4, 0.5) is 0 Å². The van der Waals surface area contributed by atoms with Crippen LogP contribution < -0.4 is 5.63 Å². The summed E-state index contributed by atoms with van der Waals surface area (Å²) in [6.45, 7) is -0.342. The molecule has 2 aromatic carbocycles. The maximum absolute atomic E-state index is 12.4. The first-order chi connectivity index (χ1) is 11.6. The molecule has 0 bridgehead atoms. The van der Waals surface area contributed by atoms with Crippen LogP contribution in [0.25, 0.3) is 11.0 Å². The number of hydrogen-bond acceptors (Lipinski definition) is 5. The third kappa shape index (κ3) is 1.93. The maximum atomic E-state index is 12.4. The first-order valence-corrected chi connectivity index (χ1v) is 7.27. The zero-order chi connectivity index (χ0) is 16.8. The minimum atomic E-state index is -0.775. The van der Waals surface area contributed by atoms with Crippen LogP contribution in [-0.2, 0) is 6.54 Å². The number of carbonyl (C=O) groups is 2. The largest absolute Gasteiger partial charge is 0.507 e. The molecule has 2 heterocycles. The molecule has 0 fully saturated rings. The van der Waals surface area contributed by atoms with E-state index in [4.69, 9.17) is 4.42 Å². The summed E-state index contributed by atoms with van der Waals surface area (Å²) in [7, 11) is 0.